The third-order valence-electron chi connectivity index (χ3n) is 5.87. The van der Waals surface area contributed by atoms with Crippen LogP contribution < -0.4 is 4.74 Å². The molecule has 0 bridgehead atoms. The van der Waals surface area contributed by atoms with Crippen LogP contribution in [0.15, 0.2) is 89.4 Å². The van der Waals surface area contributed by atoms with Crippen molar-refractivity contribution in [3.05, 3.63) is 117 Å². The number of fused-ring (bicyclic) bond motifs is 9. The molecule has 1 nitrogen and oxygen atoms in total. The Balaban J connectivity index is 1.87. The first-order chi connectivity index (χ1) is 13.7. The van der Waals surface area contributed by atoms with Crippen LogP contribution in [0.3, 0.4) is 0 Å². The number of ether oxygens (including phenoxy) is 1. The van der Waals surface area contributed by atoms with Gasteiger partial charge in [0.05, 0.1) is 5.41 Å². The second kappa shape index (κ2) is 5.73. The molecule has 134 valence electrons. The summed E-state index contributed by atoms with van der Waals surface area (Å²) in [5.74, 6) is 1.78. The summed E-state index contributed by atoms with van der Waals surface area (Å²) in [5.41, 5.74) is 6.57. The van der Waals surface area contributed by atoms with Crippen molar-refractivity contribution in [2.75, 3.05) is 0 Å². The maximum atomic E-state index is 6.76. The first-order valence-corrected chi connectivity index (χ1v) is 10.3. The number of hydrogen-bond acceptors (Lipinski definition) is 1. The quantitative estimate of drug-likeness (QED) is 0.234. The molecule has 28 heavy (non-hydrogen) atoms. The smallest absolute Gasteiger partial charge is 0.132 e. The van der Waals surface area contributed by atoms with E-state index in [0.29, 0.717) is 0 Å². The van der Waals surface area contributed by atoms with Crippen LogP contribution in [0.5, 0.6) is 11.5 Å². The molecular weight excluding hydrogens is 432 g/mol. The molecule has 1 heterocycles. The highest BCUT2D eigenvalue weighted by Gasteiger charge is 2.51. The molecule has 6 rings (SSSR count). The van der Waals surface area contributed by atoms with Crippen molar-refractivity contribution in [2.24, 2.45) is 0 Å². The molecule has 4 aromatic rings. The SMILES string of the molecule is Clc1cccc2c1-c1cc(Br)ccc1C21c2ccccc2Oc2ccccc21. The minimum Gasteiger partial charge on any atom is -0.457 e. The molecule has 0 radical (unpaired) electrons. The van der Waals surface area contributed by atoms with Crippen LogP contribution in [-0.2, 0) is 5.41 Å². The van der Waals surface area contributed by atoms with Gasteiger partial charge < -0.3 is 4.74 Å². The lowest BCUT2D eigenvalue weighted by Crippen LogP contribution is -2.32. The van der Waals surface area contributed by atoms with E-state index >= 15 is 0 Å². The van der Waals surface area contributed by atoms with Crippen molar-refractivity contribution in [1.82, 2.24) is 0 Å². The maximum absolute atomic E-state index is 6.76. The summed E-state index contributed by atoms with van der Waals surface area (Å²) in [4.78, 5) is 0. The van der Waals surface area contributed by atoms with E-state index in [4.69, 9.17) is 16.3 Å². The molecule has 1 spiro atoms. The van der Waals surface area contributed by atoms with Crippen molar-refractivity contribution in [3.8, 4) is 22.6 Å². The predicted octanol–water partition coefficient (Wildman–Crippen LogP) is 7.57. The third kappa shape index (κ3) is 1.92. The van der Waals surface area contributed by atoms with Gasteiger partial charge in [-0.25, -0.2) is 0 Å². The predicted molar refractivity (Wildman–Crippen MR) is 117 cm³/mol. The highest BCUT2D eigenvalue weighted by Crippen LogP contribution is 2.63. The molecule has 0 amide bonds. The summed E-state index contributed by atoms with van der Waals surface area (Å²) >= 11 is 10.4. The van der Waals surface area contributed by atoms with Crippen LogP contribution in [0.25, 0.3) is 11.1 Å². The molecule has 1 aliphatic heterocycles. The second-order valence-corrected chi connectivity index (χ2v) is 8.52. The van der Waals surface area contributed by atoms with Gasteiger partial charge in [0.15, 0.2) is 0 Å². The molecule has 0 saturated heterocycles. The van der Waals surface area contributed by atoms with Crippen LogP contribution in [0.2, 0.25) is 5.02 Å². The average Bonchev–Trinajstić information content (AvgIpc) is 3.00. The number of rotatable bonds is 0. The lowest BCUT2D eigenvalue weighted by molar-refractivity contribution is 0.436. The van der Waals surface area contributed by atoms with E-state index in [9.17, 15) is 0 Å². The minimum atomic E-state index is -0.443. The Kier molecular flexibility index (Phi) is 3.36. The molecule has 0 fully saturated rings. The number of hydrogen-bond donors (Lipinski definition) is 0. The summed E-state index contributed by atoms with van der Waals surface area (Å²) in [6, 6.07) is 29.4. The standard InChI is InChI=1S/C25H14BrClO/c26-15-12-13-17-16(14-15)24-20(8-5-9-21(24)27)25(17)18-6-1-3-10-22(18)28-23-11-4-2-7-19(23)25/h1-14H. The van der Waals surface area contributed by atoms with E-state index in [1.54, 1.807) is 0 Å². The second-order valence-electron chi connectivity index (χ2n) is 7.20. The Hall–Kier alpha value is -2.55. The molecule has 2 aliphatic rings. The monoisotopic (exact) mass is 444 g/mol. The van der Waals surface area contributed by atoms with Gasteiger partial charge in [0.25, 0.3) is 0 Å². The lowest BCUT2D eigenvalue weighted by Gasteiger charge is -2.39. The van der Waals surface area contributed by atoms with Crippen molar-refractivity contribution < 1.29 is 4.74 Å². The highest BCUT2D eigenvalue weighted by molar-refractivity contribution is 9.10. The van der Waals surface area contributed by atoms with Gasteiger partial charge in [0, 0.05) is 26.2 Å². The normalized spacial score (nSPS) is 14.6. The fraction of sp³-hybridized carbons (Fsp3) is 0.0400. The molecule has 0 saturated carbocycles. The van der Waals surface area contributed by atoms with Gasteiger partial charge in [0.2, 0.25) is 0 Å². The molecule has 1 aliphatic carbocycles. The molecule has 3 heteroatoms. The van der Waals surface area contributed by atoms with E-state index in [1.165, 1.54) is 16.7 Å². The number of benzene rings is 4. The van der Waals surface area contributed by atoms with Crippen LogP contribution in [0, 0.1) is 0 Å². The van der Waals surface area contributed by atoms with Crippen molar-refractivity contribution in [2.45, 2.75) is 5.41 Å². The highest BCUT2D eigenvalue weighted by atomic mass is 79.9. The fourth-order valence-electron chi connectivity index (χ4n) is 4.88. The Morgan fingerprint density at radius 3 is 2.04 bits per heavy atom. The van der Waals surface area contributed by atoms with E-state index in [0.717, 1.165) is 37.7 Å². The first kappa shape index (κ1) is 16.4. The minimum absolute atomic E-state index is 0.443. The Morgan fingerprint density at radius 2 is 1.32 bits per heavy atom. The average molecular weight is 446 g/mol. The molecule has 0 aromatic heterocycles. The molecular formula is C25H14BrClO. The Bertz CT molecular complexity index is 1230. The Labute approximate surface area is 176 Å². The van der Waals surface area contributed by atoms with Gasteiger partial charge >= 0.3 is 0 Å². The summed E-state index contributed by atoms with van der Waals surface area (Å²) in [6.45, 7) is 0. The van der Waals surface area contributed by atoms with Crippen molar-refractivity contribution in [1.29, 1.82) is 0 Å². The maximum Gasteiger partial charge on any atom is 0.132 e. The summed E-state index contributed by atoms with van der Waals surface area (Å²) in [6.07, 6.45) is 0. The van der Waals surface area contributed by atoms with Gasteiger partial charge in [-0.1, -0.05) is 82.1 Å². The van der Waals surface area contributed by atoms with E-state index in [2.05, 4.69) is 64.5 Å². The zero-order chi connectivity index (χ0) is 18.9. The third-order valence-corrected chi connectivity index (χ3v) is 6.68. The van der Waals surface area contributed by atoms with Crippen LogP contribution in [-0.4, -0.2) is 0 Å². The molecule has 0 atom stereocenters. The van der Waals surface area contributed by atoms with Gasteiger partial charge in [-0.3, -0.25) is 0 Å². The van der Waals surface area contributed by atoms with Gasteiger partial charge in [-0.05, 0) is 47.0 Å². The Morgan fingerprint density at radius 1 is 0.679 bits per heavy atom. The molecule has 4 aromatic carbocycles. The lowest BCUT2D eigenvalue weighted by atomic mass is 9.66. The van der Waals surface area contributed by atoms with E-state index in [1.807, 2.05) is 36.4 Å². The summed E-state index contributed by atoms with van der Waals surface area (Å²) in [7, 11) is 0. The largest absolute Gasteiger partial charge is 0.457 e. The van der Waals surface area contributed by atoms with Crippen molar-refractivity contribution in [3.63, 3.8) is 0 Å². The fourth-order valence-corrected chi connectivity index (χ4v) is 5.52. The zero-order valence-electron chi connectivity index (χ0n) is 14.7. The van der Waals surface area contributed by atoms with Gasteiger partial charge in [-0.15, -0.1) is 0 Å². The first-order valence-electron chi connectivity index (χ1n) is 9.17. The van der Waals surface area contributed by atoms with Crippen LogP contribution >= 0.6 is 27.5 Å². The molecule has 0 unspecified atom stereocenters. The van der Waals surface area contributed by atoms with Crippen LogP contribution in [0.4, 0.5) is 0 Å². The summed E-state index contributed by atoms with van der Waals surface area (Å²) < 4.78 is 7.35. The number of para-hydroxylation sites is 2. The van der Waals surface area contributed by atoms with Crippen molar-refractivity contribution >= 4 is 27.5 Å². The number of halogens is 2. The zero-order valence-corrected chi connectivity index (χ0v) is 17.1. The topological polar surface area (TPSA) is 9.23 Å². The van der Waals surface area contributed by atoms with Gasteiger partial charge in [0.1, 0.15) is 11.5 Å². The van der Waals surface area contributed by atoms with Gasteiger partial charge in [-0.2, -0.15) is 0 Å². The van der Waals surface area contributed by atoms with Crippen LogP contribution in [0.1, 0.15) is 22.3 Å². The van der Waals surface area contributed by atoms with E-state index in [-0.39, 0.29) is 0 Å². The van der Waals surface area contributed by atoms with E-state index < -0.39 is 5.41 Å². The summed E-state index contributed by atoms with van der Waals surface area (Å²) in [5, 5.41) is 0.773. The molecule has 0 N–H and O–H groups in total.